The fourth-order valence-corrected chi connectivity index (χ4v) is 2.54. The molecule has 1 rings (SSSR count). The van der Waals surface area contributed by atoms with Crippen LogP contribution in [0.15, 0.2) is 0 Å². The minimum Gasteiger partial charge on any atom is -0.465 e. The smallest absolute Gasteiger partial charge is 0.323 e. The SMILES string of the molecule is CCOC(=O)C1(C(=O)OCC)CCCCCCC1. The summed E-state index contributed by atoms with van der Waals surface area (Å²) >= 11 is 0. The number of esters is 2. The first-order chi connectivity index (χ1) is 8.67. The molecule has 0 saturated heterocycles. The second-order valence-electron chi connectivity index (χ2n) is 4.79. The van der Waals surface area contributed by atoms with Gasteiger partial charge in [-0.3, -0.25) is 9.59 Å². The van der Waals surface area contributed by atoms with Gasteiger partial charge in [0.15, 0.2) is 5.41 Å². The lowest BCUT2D eigenvalue weighted by atomic mass is 9.76. The Morgan fingerprint density at radius 3 is 1.61 bits per heavy atom. The average molecular weight is 256 g/mol. The summed E-state index contributed by atoms with van der Waals surface area (Å²) in [5.41, 5.74) is -1.05. The zero-order chi connectivity index (χ0) is 13.4. The molecule has 0 aliphatic heterocycles. The molecule has 0 spiro atoms. The molecule has 1 aliphatic carbocycles. The summed E-state index contributed by atoms with van der Waals surface area (Å²) in [6.45, 7) is 4.14. The van der Waals surface area contributed by atoms with Crippen molar-refractivity contribution in [1.29, 1.82) is 0 Å². The van der Waals surface area contributed by atoms with E-state index in [1.807, 2.05) is 0 Å². The second kappa shape index (κ2) is 7.39. The molecule has 18 heavy (non-hydrogen) atoms. The second-order valence-corrected chi connectivity index (χ2v) is 4.79. The first-order valence-corrected chi connectivity index (χ1v) is 7.02. The van der Waals surface area contributed by atoms with Crippen LogP contribution >= 0.6 is 0 Å². The number of rotatable bonds is 4. The maximum atomic E-state index is 12.2. The Balaban J connectivity index is 2.89. The van der Waals surface area contributed by atoms with Gasteiger partial charge in [0, 0.05) is 0 Å². The zero-order valence-electron chi connectivity index (χ0n) is 11.5. The zero-order valence-corrected chi connectivity index (χ0v) is 11.5. The molecule has 1 saturated carbocycles. The van der Waals surface area contributed by atoms with Crippen LogP contribution in [0, 0.1) is 5.41 Å². The number of ether oxygens (including phenoxy) is 2. The van der Waals surface area contributed by atoms with E-state index < -0.39 is 17.4 Å². The standard InChI is InChI=1S/C14H24O4/c1-3-17-12(15)14(13(16)18-4-2)10-8-6-5-7-9-11-14/h3-11H2,1-2H3. The summed E-state index contributed by atoms with van der Waals surface area (Å²) in [5, 5.41) is 0. The van der Waals surface area contributed by atoms with Gasteiger partial charge in [-0.25, -0.2) is 0 Å². The Bertz CT molecular complexity index is 258. The monoisotopic (exact) mass is 256 g/mol. The van der Waals surface area contributed by atoms with Crippen molar-refractivity contribution in [3.63, 3.8) is 0 Å². The van der Waals surface area contributed by atoms with E-state index in [9.17, 15) is 9.59 Å². The van der Waals surface area contributed by atoms with Gasteiger partial charge in [0.1, 0.15) is 0 Å². The Kier molecular flexibility index (Phi) is 6.16. The van der Waals surface area contributed by atoms with Gasteiger partial charge in [-0.15, -0.1) is 0 Å². The van der Waals surface area contributed by atoms with Crippen LogP contribution in [0.3, 0.4) is 0 Å². The summed E-state index contributed by atoms with van der Waals surface area (Å²) in [4.78, 5) is 24.4. The van der Waals surface area contributed by atoms with Crippen molar-refractivity contribution < 1.29 is 19.1 Å². The van der Waals surface area contributed by atoms with E-state index in [1.165, 1.54) is 6.42 Å². The normalized spacial score (nSPS) is 19.4. The molecular weight excluding hydrogens is 232 g/mol. The van der Waals surface area contributed by atoms with Gasteiger partial charge in [0.25, 0.3) is 0 Å². The van der Waals surface area contributed by atoms with Crippen LogP contribution in [0.4, 0.5) is 0 Å². The summed E-state index contributed by atoms with van der Waals surface area (Å²) < 4.78 is 10.2. The number of carbonyl (C=O) groups is 2. The van der Waals surface area contributed by atoms with Crippen molar-refractivity contribution in [3.8, 4) is 0 Å². The molecule has 0 aromatic rings. The Morgan fingerprint density at radius 2 is 1.22 bits per heavy atom. The van der Waals surface area contributed by atoms with E-state index in [-0.39, 0.29) is 0 Å². The molecule has 0 atom stereocenters. The fraction of sp³-hybridized carbons (Fsp3) is 0.857. The molecule has 0 N–H and O–H groups in total. The number of hydrogen-bond acceptors (Lipinski definition) is 4. The van der Waals surface area contributed by atoms with Gasteiger partial charge < -0.3 is 9.47 Å². The molecule has 104 valence electrons. The Hall–Kier alpha value is -1.06. The third-order valence-corrected chi connectivity index (χ3v) is 3.54. The molecule has 1 aliphatic rings. The van der Waals surface area contributed by atoms with Crippen molar-refractivity contribution >= 4 is 11.9 Å². The number of hydrogen-bond donors (Lipinski definition) is 0. The Morgan fingerprint density at radius 1 is 0.833 bits per heavy atom. The van der Waals surface area contributed by atoms with Crippen molar-refractivity contribution in [2.24, 2.45) is 5.41 Å². The minimum atomic E-state index is -1.05. The topological polar surface area (TPSA) is 52.6 Å². The first-order valence-electron chi connectivity index (χ1n) is 7.02. The number of carbonyl (C=O) groups excluding carboxylic acids is 2. The lowest BCUT2D eigenvalue weighted by Crippen LogP contribution is -2.42. The molecule has 0 aromatic heterocycles. The van der Waals surface area contributed by atoms with Crippen molar-refractivity contribution in [2.45, 2.75) is 58.8 Å². The maximum absolute atomic E-state index is 12.2. The molecule has 4 heteroatoms. The van der Waals surface area contributed by atoms with Gasteiger partial charge >= 0.3 is 11.9 Å². The lowest BCUT2D eigenvalue weighted by Gasteiger charge is -2.30. The van der Waals surface area contributed by atoms with Crippen LogP contribution in [-0.2, 0) is 19.1 Å². The minimum absolute atomic E-state index is 0.306. The summed E-state index contributed by atoms with van der Waals surface area (Å²) in [7, 11) is 0. The van der Waals surface area contributed by atoms with E-state index in [0.717, 1.165) is 25.7 Å². The highest BCUT2D eigenvalue weighted by Gasteiger charge is 2.47. The highest BCUT2D eigenvalue weighted by molar-refractivity contribution is 6.00. The van der Waals surface area contributed by atoms with Crippen LogP contribution in [0.2, 0.25) is 0 Å². The van der Waals surface area contributed by atoms with Crippen LogP contribution in [0.25, 0.3) is 0 Å². The molecule has 0 unspecified atom stereocenters. The molecular formula is C14H24O4. The van der Waals surface area contributed by atoms with E-state index in [2.05, 4.69) is 0 Å². The van der Waals surface area contributed by atoms with E-state index in [4.69, 9.17) is 9.47 Å². The highest BCUT2D eigenvalue weighted by atomic mass is 16.6. The lowest BCUT2D eigenvalue weighted by molar-refractivity contribution is -0.173. The van der Waals surface area contributed by atoms with Crippen LogP contribution in [-0.4, -0.2) is 25.2 Å². The van der Waals surface area contributed by atoms with Crippen LogP contribution in [0.5, 0.6) is 0 Å². The largest absolute Gasteiger partial charge is 0.465 e. The van der Waals surface area contributed by atoms with Crippen molar-refractivity contribution in [3.05, 3.63) is 0 Å². The molecule has 0 bridgehead atoms. The first kappa shape index (κ1) is 15.0. The Labute approximate surface area is 109 Å². The molecule has 0 heterocycles. The average Bonchev–Trinajstić information content (AvgIpc) is 2.29. The van der Waals surface area contributed by atoms with Gasteiger partial charge in [0.2, 0.25) is 0 Å². The third-order valence-electron chi connectivity index (χ3n) is 3.54. The molecule has 1 fully saturated rings. The highest BCUT2D eigenvalue weighted by Crippen LogP contribution is 2.36. The molecule has 0 radical (unpaired) electrons. The van der Waals surface area contributed by atoms with Gasteiger partial charge in [0.05, 0.1) is 13.2 Å². The van der Waals surface area contributed by atoms with Gasteiger partial charge in [-0.1, -0.05) is 32.1 Å². The van der Waals surface area contributed by atoms with Crippen molar-refractivity contribution in [1.82, 2.24) is 0 Å². The molecule has 0 aromatic carbocycles. The molecule has 4 nitrogen and oxygen atoms in total. The maximum Gasteiger partial charge on any atom is 0.323 e. The van der Waals surface area contributed by atoms with Crippen molar-refractivity contribution in [2.75, 3.05) is 13.2 Å². The third kappa shape index (κ3) is 3.47. The summed E-state index contributed by atoms with van der Waals surface area (Å²) in [5.74, 6) is -0.796. The van der Waals surface area contributed by atoms with Crippen LogP contribution < -0.4 is 0 Å². The summed E-state index contributed by atoms with van der Waals surface area (Å²) in [6, 6.07) is 0. The summed E-state index contributed by atoms with van der Waals surface area (Å²) in [6.07, 6.45) is 6.22. The quantitative estimate of drug-likeness (QED) is 0.573. The van der Waals surface area contributed by atoms with Gasteiger partial charge in [-0.05, 0) is 26.7 Å². The molecule has 0 amide bonds. The fourth-order valence-electron chi connectivity index (χ4n) is 2.54. The van der Waals surface area contributed by atoms with Gasteiger partial charge in [-0.2, -0.15) is 0 Å². The van der Waals surface area contributed by atoms with Crippen LogP contribution in [0.1, 0.15) is 58.8 Å². The van der Waals surface area contributed by atoms with E-state index >= 15 is 0 Å². The van der Waals surface area contributed by atoms with E-state index in [1.54, 1.807) is 13.8 Å². The predicted molar refractivity (Wildman–Crippen MR) is 68.0 cm³/mol. The predicted octanol–water partition coefficient (Wildman–Crippen LogP) is 2.84. The van der Waals surface area contributed by atoms with E-state index in [0.29, 0.717) is 26.1 Å².